The molecule has 0 aliphatic carbocycles. The number of carboxylic acids is 2. The number of aliphatic carboxylic acids is 2. The zero-order chi connectivity index (χ0) is 5.15. The Morgan fingerprint density at radius 3 is 1.14 bits per heavy atom. The van der Waals surface area contributed by atoms with Crippen molar-refractivity contribution < 1.29 is 88.7 Å². The first-order valence-corrected chi connectivity index (χ1v) is 1.11. The Morgan fingerprint density at radius 2 is 1.14 bits per heavy atom. The number of hydrogen-bond donors (Lipinski definition) is 2. The molecule has 5 heteroatoms. The molecule has 7 heavy (non-hydrogen) atoms. The SMILES string of the molecule is O=C(O)C(=O)O.[Cs+]. The summed E-state index contributed by atoms with van der Waals surface area (Å²) in [6, 6.07) is 0. The van der Waals surface area contributed by atoms with Crippen molar-refractivity contribution in [2.24, 2.45) is 0 Å². The van der Waals surface area contributed by atoms with Crippen LogP contribution in [0.5, 0.6) is 0 Å². The molecule has 0 unspecified atom stereocenters. The van der Waals surface area contributed by atoms with E-state index in [0.29, 0.717) is 0 Å². The van der Waals surface area contributed by atoms with Gasteiger partial charge in [0.05, 0.1) is 0 Å². The van der Waals surface area contributed by atoms with Gasteiger partial charge in [0.25, 0.3) is 0 Å². The summed E-state index contributed by atoms with van der Waals surface area (Å²) >= 11 is 0. The van der Waals surface area contributed by atoms with Crippen molar-refractivity contribution in [3.05, 3.63) is 0 Å². The molecule has 0 aromatic rings. The van der Waals surface area contributed by atoms with Crippen LogP contribution in [0.4, 0.5) is 0 Å². The van der Waals surface area contributed by atoms with Crippen LogP contribution in [0.1, 0.15) is 0 Å². The van der Waals surface area contributed by atoms with Gasteiger partial charge < -0.3 is 10.2 Å². The van der Waals surface area contributed by atoms with Crippen LogP contribution in [0, 0.1) is 0 Å². The number of hydrogen-bond acceptors (Lipinski definition) is 2. The second-order valence-electron chi connectivity index (χ2n) is 0.610. The first-order valence-electron chi connectivity index (χ1n) is 1.11. The summed E-state index contributed by atoms with van der Waals surface area (Å²) in [6.45, 7) is 0. The molecule has 0 aromatic carbocycles. The van der Waals surface area contributed by atoms with Crippen molar-refractivity contribution in [1.82, 2.24) is 0 Å². The summed E-state index contributed by atoms with van der Waals surface area (Å²) in [4.78, 5) is 18.2. The smallest absolute Gasteiger partial charge is 0.473 e. The molecule has 0 radical (unpaired) electrons. The molecule has 34 valence electrons. The Kier molecular flexibility index (Phi) is 7.98. The zero-order valence-corrected chi connectivity index (χ0v) is 9.99. The summed E-state index contributed by atoms with van der Waals surface area (Å²) in [5, 5.41) is 14.8. The second-order valence-corrected chi connectivity index (χ2v) is 0.610. The van der Waals surface area contributed by atoms with Gasteiger partial charge in [-0.15, -0.1) is 0 Å². The van der Waals surface area contributed by atoms with E-state index in [1.165, 1.54) is 0 Å². The van der Waals surface area contributed by atoms with E-state index in [1.54, 1.807) is 0 Å². The van der Waals surface area contributed by atoms with E-state index in [1.807, 2.05) is 0 Å². The average molecular weight is 223 g/mol. The first-order chi connectivity index (χ1) is 2.64. The van der Waals surface area contributed by atoms with Crippen LogP contribution in [-0.4, -0.2) is 22.2 Å². The minimum Gasteiger partial charge on any atom is -0.473 e. The van der Waals surface area contributed by atoms with Crippen molar-refractivity contribution in [3.63, 3.8) is 0 Å². The summed E-state index contributed by atoms with van der Waals surface area (Å²) < 4.78 is 0. The summed E-state index contributed by atoms with van der Waals surface area (Å²) in [7, 11) is 0. The van der Waals surface area contributed by atoms with Crippen molar-refractivity contribution in [1.29, 1.82) is 0 Å². The van der Waals surface area contributed by atoms with Gasteiger partial charge in [0.15, 0.2) is 0 Å². The van der Waals surface area contributed by atoms with Gasteiger partial charge in [0, 0.05) is 0 Å². The van der Waals surface area contributed by atoms with Crippen LogP contribution in [0.2, 0.25) is 0 Å². The predicted molar refractivity (Wildman–Crippen MR) is 15.3 cm³/mol. The molecule has 0 fully saturated rings. The van der Waals surface area contributed by atoms with Crippen LogP contribution in [0.15, 0.2) is 0 Å². The minimum atomic E-state index is -1.82. The van der Waals surface area contributed by atoms with Gasteiger partial charge in [-0.2, -0.15) is 0 Å². The van der Waals surface area contributed by atoms with Crippen LogP contribution in [0.3, 0.4) is 0 Å². The van der Waals surface area contributed by atoms with Gasteiger partial charge in [-0.05, 0) is 0 Å². The molecule has 0 rings (SSSR count). The van der Waals surface area contributed by atoms with Crippen LogP contribution in [0.25, 0.3) is 0 Å². The van der Waals surface area contributed by atoms with E-state index in [9.17, 15) is 0 Å². The molecule has 0 heterocycles. The molecule has 0 aromatic heterocycles. The number of carbonyl (C=O) groups is 2. The fourth-order valence-electron chi connectivity index (χ4n) is 0. The van der Waals surface area contributed by atoms with Crippen molar-refractivity contribution >= 4 is 11.9 Å². The molecule has 0 spiro atoms. The molecule has 0 aliphatic heterocycles. The number of carboxylic acid groups (broad SMARTS) is 2. The van der Waals surface area contributed by atoms with E-state index < -0.39 is 11.9 Å². The Bertz CT molecular complexity index is 75.7. The maximum absolute atomic E-state index is 9.10. The van der Waals surface area contributed by atoms with Gasteiger partial charge in [0.1, 0.15) is 0 Å². The van der Waals surface area contributed by atoms with E-state index in [0.717, 1.165) is 0 Å². The van der Waals surface area contributed by atoms with Gasteiger partial charge in [-0.1, -0.05) is 0 Å². The molecule has 0 saturated heterocycles. The van der Waals surface area contributed by atoms with Crippen molar-refractivity contribution in [2.45, 2.75) is 0 Å². The third-order valence-electron chi connectivity index (χ3n) is 0.183. The quantitative estimate of drug-likeness (QED) is 0.412. The minimum absolute atomic E-state index is 0. The van der Waals surface area contributed by atoms with E-state index >= 15 is 0 Å². The molecule has 0 bridgehead atoms. The van der Waals surface area contributed by atoms with Crippen LogP contribution >= 0.6 is 0 Å². The summed E-state index contributed by atoms with van der Waals surface area (Å²) in [5.41, 5.74) is 0. The molecule has 2 N–H and O–H groups in total. The molecule has 0 saturated carbocycles. The van der Waals surface area contributed by atoms with Crippen molar-refractivity contribution in [3.8, 4) is 0 Å². The van der Waals surface area contributed by atoms with Gasteiger partial charge in [-0.25, -0.2) is 9.59 Å². The fraction of sp³-hybridized carbons (Fsp3) is 0. The van der Waals surface area contributed by atoms with E-state index in [-0.39, 0.29) is 68.9 Å². The maximum Gasteiger partial charge on any atom is 1.00 e. The Morgan fingerprint density at radius 1 is 1.00 bits per heavy atom. The zero-order valence-electron chi connectivity index (χ0n) is 3.71. The molecule has 0 atom stereocenters. The third-order valence-corrected chi connectivity index (χ3v) is 0.183. The largest absolute Gasteiger partial charge is 1.00 e. The predicted octanol–water partition coefficient (Wildman–Crippen LogP) is -3.84. The molecular formula is C2H2CsO4+. The Hall–Kier alpha value is 0.992. The van der Waals surface area contributed by atoms with Crippen LogP contribution in [-0.2, 0) is 9.59 Å². The molecule has 0 amide bonds. The third kappa shape index (κ3) is 6.99. The van der Waals surface area contributed by atoms with Gasteiger partial charge in [-0.3, -0.25) is 0 Å². The normalized spacial score (nSPS) is 6.29. The van der Waals surface area contributed by atoms with Gasteiger partial charge >= 0.3 is 80.8 Å². The molecule has 0 aliphatic rings. The second kappa shape index (κ2) is 5.13. The average Bonchev–Trinajstić information content (AvgIpc) is 1.36. The first kappa shape index (κ1) is 10.9. The topological polar surface area (TPSA) is 74.6 Å². The number of rotatable bonds is 0. The standard InChI is InChI=1S/C2H2O4.Cs/c3-1(4)2(5)6;/h(H,3,4)(H,5,6);/q;+1. The van der Waals surface area contributed by atoms with Crippen molar-refractivity contribution in [2.75, 3.05) is 0 Å². The Balaban J connectivity index is 0. The monoisotopic (exact) mass is 223 g/mol. The fourth-order valence-corrected chi connectivity index (χ4v) is 0. The molecule has 4 nitrogen and oxygen atoms in total. The summed E-state index contributed by atoms with van der Waals surface area (Å²) in [5.74, 6) is -3.65. The summed E-state index contributed by atoms with van der Waals surface area (Å²) in [6.07, 6.45) is 0. The van der Waals surface area contributed by atoms with Crippen LogP contribution < -0.4 is 68.9 Å². The van der Waals surface area contributed by atoms with E-state index in [4.69, 9.17) is 19.8 Å². The Labute approximate surface area is 98.3 Å². The maximum atomic E-state index is 9.10. The van der Waals surface area contributed by atoms with Gasteiger partial charge in [0.2, 0.25) is 0 Å². The molecular weight excluding hydrogens is 221 g/mol. The van der Waals surface area contributed by atoms with E-state index in [2.05, 4.69) is 0 Å².